The maximum absolute atomic E-state index is 12.5. The maximum Gasteiger partial charge on any atom is 0.416 e. The summed E-state index contributed by atoms with van der Waals surface area (Å²) in [7, 11) is 1.58. The van der Waals surface area contributed by atoms with E-state index in [9.17, 15) is 9.59 Å². The third kappa shape index (κ3) is 3.77. The molecular formula is C19H17BrN4O4S. The molecule has 0 spiro atoms. The maximum atomic E-state index is 12.5. The Morgan fingerprint density at radius 1 is 1.31 bits per heavy atom. The van der Waals surface area contributed by atoms with E-state index in [1.165, 1.54) is 16.2 Å². The summed E-state index contributed by atoms with van der Waals surface area (Å²) in [5.41, 5.74) is 0.622. The van der Waals surface area contributed by atoms with Crippen molar-refractivity contribution in [3.8, 4) is 11.5 Å². The van der Waals surface area contributed by atoms with Crippen LogP contribution in [0.5, 0.6) is 0 Å². The molecule has 4 aromatic rings. The molecule has 0 aliphatic heterocycles. The van der Waals surface area contributed by atoms with E-state index in [1.807, 2.05) is 12.1 Å². The van der Waals surface area contributed by atoms with Crippen LogP contribution >= 0.6 is 27.3 Å². The molecule has 0 atom stereocenters. The third-order valence-electron chi connectivity index (χ3n) is 3.97. The van der Waals surface area contributed by atoms with Crippen molar-refractivity contribution in [1.82, 2.24) is 15.0 Å². The number of benzene rings is 1. The Bertz CT molecular complexity index is 1300. The highest BCUT2D eigenvalue weighted by Crippen LogP contribution is 2.30. The Kier molecular flexibility index (Phi) is 4.70. The lowest BCUT2D eigenvalue weighted by Gasteiger charge is -2.23. The fourth-order valence-corrected chi connectivity index (χ4v) is 3.81. The van der Waals surface area contributed by atoms with Crippen LogP contribution in [-0.4, -0.2) is 33.7 Å². The zero-order chi connectivity index (χ0) is 20.9. The number of aromatic amines is 1. The lowest BCUT2D eigenvalue weighted by molar-refractivity contribution is 0.0589. The largest absolute Gasteiger partial charge is 0.449 e. The second-order valence-corrected chi connectivity index (χ2v) is 9.14. The molecule has 1 amide bonds. The Morgan fingerprint density at radius 2 is 2.07 bits per heavy atom. The van der Waals surface area contributed by atoms with E-state index < -0.39 is 17.3 Å². The zero-order valence-electron chi connectivity index (χ0n) is 16.1. The van der Waals surface area contributed by atoms with Gasteiger partial charge in [0.15, 0.2) is 11.0 Å². The van der Waals surface area contributed by atoms with Crippen LogP contribution in [-0.2, 0) is 4.74 Å². The molecule has 0 unspecified atom stereocenters. The summed E-state index contributed by atoms with van der Waals surface area (Å²) < 4.78 is 11.8. The number of halogens is 1. The highest BCUT2D eigenvalue weighted by atomic mass is 79.9. The van der Waals surface area contributed by atoms with Crippen molar-refractivity contribution in [2.75, 3.05) is 11.9 Å². The number of hydrogen-bond donors (Lipinski definition) is 1. The summed E-state index contributed by atoms with van der Waals surface area (Å²) in [6, 6.07) is 5.45. The molecule has 0 aliphatic rings. The van der Waals surface area contributed by atoms with Crippen LogP contribution in [0, 0.1) is 0 Å². The number of ether oxygens (including phenoxy) is 1. The molecule has 10 heteroatoms. The van der Waals surface area contributed by atoms with E-state index in [-0.39, 0.29) is 5.58 Å². The van der Waals surface area contributed by atoms with E-state index >= 15 is 0 Å². The first-order chi connectivity index (χ1) is 13.6. The highest BCUT2D eigenvalue weighted by Gasteiger charge is 2.23. The lowest BCUT2D eigenvalue weighted by Crippen LogP contribution is -2.34. The Balaban J connectivity index is 1.74. The van der Waals surface area contributed by atoms with Crippen LogP contribution in [0.2, 0.25) is 0 Å². The van der Waals surface area contributed by atoms with Gasteiger partial charge in [-0.2, -0.15) is 0 Å². The topological polar surface area (TPSA) is 101 Å². The summed E-state index contributed by atoms with van der Waals surface area (Å²) >= 11 is 4.67. The number of thiazole rings is 1. The Labute approximate surface area is 177 Å². The fraction of sp³-hybridized carbons (Fsp3) is 0.263. The summed E-state index contributed by atoms with van der Waals surface area (Å²) in [5.74, 6) is 0.297. The second kappa shape index (κ2) is 6.96. The van der Waals surface area contributed by atoms with Crippen molar-refractivity contribution < 1.29 is 13.9 Å². The second-order valence-electron chi connectivity index (χ2n) is 7.39. The van der Waals surface area contributed by atoms with Crippen molar-refractivity contribution in [3.63, 3.8) is 0 Å². The van der Waals surface area contributed by atoms with Crippen molar-refractivity contribution in [1.29, 1.82) is 0 Å². The summed E-state index contributed by atoms with van der Waals surface area (Å²) in [6.45, 7) is 5.39. The van der Waals surface area contributed by atoms with Crippen molar-refractivity contribution in [2.24, 2.45) is 0 Å². The Hall–Kier alpha value is -2.72. The first-order valence-electron chi connectivity index (χ1n) is 8.67. The zero-order valence-corrected chi connectivity index (χ0v) is 18.5. The number of hydrogen-bond acceptors (Lipinski definition) is 7. The molecule has 8 nitrogen and oxygen atoms in total. The van der Waals surface area contributed by atoms with Gasteiger partial charge in [-0.05, 0) is 39.0 Å². The molecule has 150 valence electrons. The van der Waals surface area contributed by atoms with Crippen LogP contribution in [0.3, 0.4) is 0 Å². The molecule has 0 bridgehead atoms. The predicted molar refractivity (Wildman–Crippen MR) is 116 cm³/mol. The molecular weight excluding hydrogens is 460 g/mol. The highest BCUT2D eigenvalue weighted by molar-refractivity contribution is 9.10. The van der Waals surface area contributed by atoms with Crippen LogP contribution < -0.4 is 10.5 Å². The predicted octanol–water partition coefficient (Wildman–Crippen LogP) is 4.93. The average Bonchev–Trinajstić information content (AvgIpc) is 3.25. The standard InChI is InChI=1S/C19H17BrN4O4S/c1-19(2,3)28-18(26)24(4)17-21-11(8-29-17)15-22-13-10-7-9(20)5-6-12(10)27-14(13)16(25)23-15/h5-8H,1-4H3,(H,22,23,25). The minimum Gasteiger partial charge on any atom is -0.449 e. The number of carbonyl (C=O) groups is 1. The van der Waals surface area contributed by atoms with Crippen LogP contribution in [0.25, 0.3) is 33.6 Å². The first kappa shape index (κ1) is 19.6. The van der Waals surface area contributed by atoms with Gasteiger partial charge < -0.3 is 14.1 Å². The number of amides is 1. The summed E-state index contributed by atoms with van der Waals surface area (Å²) in [6.07, 6.45) is -0.513. The lowest BCUT2D eigenvalue weighted by atomic mass is 10.2. The Morgan fingerprint density at radius 3 is 2.79 bits per heavy atom. The van der Waals surface area contributed by atoms with Gasteiger partial charge in [-0.15, -0.1) is 11.3 Å². The summed E-state index contributed by atoms with van der Waals surface area (Å²) in [4.78, 5) is 37.8. The minimum atomic E-state index is -0.611. The third-order valence-corrected chi connectivity index (χ3v) is 5.38. The van der Waals surface area contributed by atoms with E-state index in [2.05, 4.69) is 30.9 Å². The summed E-state index contributed by atoms with van der Waals surface area (Å²) in [5, 5.41) is 2.87. The number of carbonyl (C=O) groups excluding carboxylic acids is 1. The molecule has 4 rings (SSSR count). The monoisotopic (exact) mass is 476 g/mol. The van der Waals surface area contributed by atoms with E-state index in [0.717, 1.165) is 9.86 Å². The number of anilines is 1. The first-order valence-corrected chi connectivity index (χ1v) is 10.3. The van der Waals surface area contributed by atoms with E-state index in [0.29, 0.717) is 27.7 Å². The van der Waals surface area contributed by atoms with Gasteiger partial charge in [-0.25, -0.2) is 14.8 Å². The van der Waals surface area contributed by atoms with Gasteiger partial charge in [-0.1, -0.05) is 15.9 Å². The van der Waals surface area contributed by atoms with Crippen LogP contribution in [0.1, 0.15) is 20.8 Å². The van der Waals surface area contributed by atoms with Gasteiger partial charge >= 0.3 is 6.09 Å². The molecule has 0 aliphatic carbocycles. The molecule has 1 aromatic carbocycles. The smallest absolute Gasteiger partial charge is 0.416 e. The fourth-order valence-electron chi connectivity index (χ4n) is 2.68. The molecule has 0 saturated carbocycles. The van der Waals surface area contributed by atoms with Gasteiger partial charge in [0.25, 0.3) is 5.56 Å². The normalized spacial score (nSPS) is 11.9. The van der Waals surface area contributed by atoms with Crippen molar-refractivity contribution in [2.45, 2.75) is 26.4 Å². The van der Waals surface area contributed by atoms with Gasteiger partial charge in [-0.3, -0.25) is 9.69 Å². The van der Waals surface area contributed by atoms with Gasteiger partial charge in [0.2, 0.25) is 5.58 Å². The SMILES string of the molecule is CN(C(=O)OC(C)(C)C)c1nc(-c2nc3c(oc4ccc(Br)cc43)c(=O)[nH]2)cs1. The number of rotatable bonds is 2. The molecule has 1 N–H and O–H groups in total. The molecule has 0 radical (unpaired) electrons. The number of nitrogens with one attached hydrogen (secondary N) is 1. The quantitative estimate of drug-likeness (QED) is 0.440. The number of fused-ring (bicyclic) bond motifs is 3. The molecule has 3 aromatic heterocycles. The van der Waals surface area contributed by atoms with Crippen LogP contribution in [0.4, 0.5) is 9.93 Å². The minimum absolute atomic E-state index is 0.156. The van der Waals surface area contributed by atoms with Gasteiger partial charge in [0.05, 0.1) is 0 Å². The van der Waals surface area contributed by atoms with Crippen molar-refractivity contribution >= 4 is 60.6 Å². The average molecular weight is 477 g/mol. The number of furan rings is 1. The number of nitrogens with zero attached hydrogens (tertiary/aromatic N) is 3. The van der Waals surface area contributed by atoms with E-state index in [1.54, 1.807) is 39.3 Å². The molecule has 0 fully saturated rings. The van der Waals surface area contributed by atoms with Crippen LogP contribution in [0.15, 0.2) is 37.3 Å². The molecule has 0 saturated heterocycles. The number of H-pyrrole nitrogens is 1. The molecule has 3 heterocycles. The van der Waals surface area contributed by atoms with Crippen molar-refractivity contribution in [3.05, 3.63) is 38.4 Å². The number of aromatic nitrogens is 3. The molecule has 29 heavy (non-hydrogen) atoms. The van der Waals surface area contributed by atoms with Gasteiger partial charge in [0, 0.05) is 22.3 Å². The van der Waals surface area contributed by atoms with E-state index in [4.69, 9.17) is 9.15 Å². The van der Waals surface area contributed by atoms with Gasteiger partial charge in [0.1, 0.15) is 22.4 Å².